The van der Waals surface area contributed by atoms with Crippen molar-refractivity contribution in [3.05, 3.63) is 60.2 Å². The van der Waals surface area contributed by atoms with E-state index in [0.717, 1.165) is 0 Å². The molecular formula is C20H22N2O3. The highest BCUT2D eigenvalue weighted by Crippen LogP contribution is 2.35. The Balaban J connectivity index is 1.48. The third-order valence-corrected chi connectivity index (χ3v) is 5.07. The highest BCUT2D eigenvalue weighted by Gasteiger charge is 2.39. The number of likely N-dealkylation sites (tertiary alicyclic amines) is 1. The fourth-order valence-corrected chi connectivity index (χ4v) is 3.71. The number of carbonyl (C=O) groups is 1. The van der Waals surface area contributed by atoms with Crippen LogP contribution in [0.2, 0.25) is 0 Å². The summed E-state index contributed by atoms with van der Waals surface area (Å²) in [5.74, 6) is 1.83. The van der Waals surface area contributed by atoms with Crippen LogP contribution in [0.15, 0.2) is 54.6 Å². The molecule has 2 aliphatic heterocycles. The molecule has 2 aromatic carbocycles. The van der Waals surface area contributed by atoms with Gasteiger partial charge in [0.2, 0.25) is 6.10 Å². The van der Waals surface area contributed by atoms with Crippen molar-refractivity contribution in [3.63, 3.8) is 0 Å². The van der Waals surface area contributed by atoms with Crippen LogP contribution < -0.4 is 15.2 Å². The number of hydrogen-bond donors (Lipinski definition) is 1. The van der Waals surface area contributed by atoms with Crippen LogP contribution in [-0.2, 0) is 4.79 Å². The van der Waals surface area contributed by atoms with E-state index >= 15 is 0 Å². The summed E-state index contributed by atoms with van der Waals surface area (Å²) in [4.78, 5) is 14.8. The molecule has 2 aliphatic rings. The monoisotopic (exact) mass is 338 g/mol. The number of para-hydroxylation sites is 2. The minimum Gasteiger partial charge on any atom is -0.485 e. The van der Waals surface area contributed by atoms with Gasteiger partial charge in [0, 0.05) is 19.0 Å². The maximum absolute atomic E-state index is 12.9. The fraction of sp³-hybridized carbons (Fsp3) is 0.350. The summed E-state index contributed by atoms with van der Waals surface area (Å²) in [6, 6.07) is 17.7. The summed E-state index contributed by atoms with van der Waals surface area (Å²) in [5, 5.41) is 0. The molecule has 1 unspecified atom stereocenters. The zero-order chi connectivity index (χ0) is 17.2. The SMILES string of the molecule is NC[C@@H]1CN(C(=O)C2COc3ccccc3O2)C[C@H]1c1ccccc1. The average Bonchev–Trinajstić information content (AvgIpc) is 3.12. The van der Waals surface area contributed by atoms with Gasteiger partial charge in [0.05, 0.1) is 0 Å². The van der Waals surface area contributed by atoms with Gasteiger partial charge in [-0.3, -0.25) is 4.79 Å². The van der Waals surface area contributed by atoms with E-state index in [9.17, 15) is 4.79 Å². The van der Waals surface area contributed by atoms with Crippen molar-refractivity contribution in [2.24, 2.45) is 11.7 Å². The molecule has 0 aliphatic carbocycles. The standard InChI is InChI=1S/C20H22N2O3/c21-10-15-11-22(12-16(15)14-6-2-1-3-7-14)20(23)19-13-24-17-8-4-5-9-18(17)25-19/h1-9,15-16,19H,10-13,21H2/t15-,16+,19?/m1/s1. The van der Waals surface area contributed by atoms with Gasteiger partial charge in [-0.1, -0.05) is 42.5 Å². The van der Waals surface area contributed by atoms with E-state index in [0.29, 0.717) is 31.1 Å². The minimum absolute atomic E-state index is 0.0219. The quantitative estimate of drug-likeness (QED) is 0.930. The van der Waals surface area contributed by atoms with Crippen molar-refractivity contribution in [2.45, 2.75) is 12.0 Å². The second-order valence-electron chi connectivity index (χ2n) is 6.62. The lowest BCUT2D eigenvalue weighted by atomic mass is 9.89. The van der Waals surface area contributed by atoms with Crippen molar-refractivity contribution in [1.29, 1.82) is 0 Å². The number of fused-ring (bicyclic) bond motifs is 1. The van der Waals surface area contributed by atoms with Gasteiger partial charge in [0.25, 0.3) is 5.91 Å². The molecule has 4 rings (SSSR count). The molecule has 1 fully saturated rings. The molecule has 0 spiro atoms. The summed E-state index contributed by atoms with van der Waals surface area (Å²) in [7, 11) is 0. The Morgan fingerprint density at radius 2 is 1.76 bits per heavy atom. The Morgan fingerprint density at radius 3 is 2.52 bits per heavy atom. The number of benzene rings is 2. The molecule has 1 saturated heterocycles. The van der Waals surface area contributed by atoms with Crippen LogP contribution in [0.3, 0.4) is 0 Å². The van der Waals surface area contributed by atoms with E-state index in [1.165, 1.54) is 5.56 Å². The first-order valence-electron chi connectivity index (χ1n) is 8.68. The van der Waals surface area contributed by atoms with Crippen LogP contribution in [-0.4, -0.2) is 43.2 Å². The van der Waals surface area contributed by atoms with E-state index in [1.54, 1.807) is 0 Å². The second kappa shape index (κ2) is 6.76. The van der Waals surface area contributed by atoms with Crippen molar-refractivity contribution in [2.75, 3.05) is 26.2 Å². The number of nitrogens with two attached hydrogens (primary N) is 1. The van der Waals surface area contributed by atoms with Crippen molar-refractivity contribution < 1.29 is 14.3 Å². The predicted molar refractivity (Wildman–Crippen MR) is 94.7 cm³/mol. The molecule has 5 heteroatoms. The molecule has 0 saturated carbocycles. The van der Waals surface area contributed by atoms with Crippen LogP contribution in [0.5, 0.6) is 11.5 Å². The molecule has 3 atom stereocenters. The lowest BCUT2D eigenvalue weighted by Gasteiger charge is -2.28. The second-order valence-corrected chi connectivity index (χ2v) is 6.62. The fourth-order valence-electron chi connectivity index (χ4n) is 3.71. The molecule has 0 bridgehead atoms. The van der Waals surface area contributed by atoms with E-state index in [-0.39, 0.29) is 24.3 Å². The Bertz CT molecular complexity index is 750. The third kappa shape index (κ3) is 3.07. The number of amides is 1. The van der Waals surface area contributed by atoms with Crippen LogP contribution in [0.4, 0.5) is 0 Å². The molecule has 1 amide bonds. The van der Waals surface area contributed by atoms with Gasteiger partial charge in [-0.25, -0.2) is 0 Å². The highest BCUT2D eigenvalue weighted by molar-refractivity contribution is 5.82. The molecule has 130 valence electrons. The van der Waals surface area contributed by atoms with Crippen molar-refractivity contribution in [1.82, 2.24) is 4.90 Å². The van der Waals surface area contributed by atoms with Crippen molar-refractivity contribution >= 4 is 5.91 Å². The Morgan fingerprint density at radius 1 is 1.04 bits per heavy atom. The Hall–Kier alpha value is -2.53. The summed E-state index contributed by atoms with van der Waals surface area (Å²) >= 11 is 0. The van der Waals surface area contributed by atoms with Gasteiger partial charge in [0.1, 0.15) is 6.61 Å². The summed E-state index contributed by atoms with van der Waals surface area (Å²) in [6.07, 6.45) is -0.595. The molecule has 0 radical (unpaired) electrons. The minimum atomic E-state index is -0.595. The van der Waals surface area contributed by atoms with Crippen LogP contribution in [0.1, 0.15) is 11.5 Å². The average molecular weight is 338 g/mol. The lowest BCUT2D eigenvalue weighted by Crippen LogP contribution is -2.45. The first kappa shape index (κ1) is 16.0. The van der Waals surface area contributed by atoms with Gasteiger partial charge >= 0.3 is 0 Å². The summed E-state index contributed by atoms with van der Waals surface area (Å²) in [6.45, 7) is 2.15. The number of rotatable bonds is 3. The van der Waals surface area contributed by atoms with Crippen LogP contribution in [0.25, 0.3) is 0 Å². The van der Waals surface area contributed by atoms with Gasteiger partial charge < -0.3 is 20.1 Å². The van der Waals surface area contributed by atoms with Crippen molar-refractivity contribution in [3.8, 4) is 11.5 Å². The predicted octanol–water partition coefficient (Wildman–Crippen LogP) is 2.03. The molecule has 2 heterocycles. The van der Waals surface area contributed by atoms with Gasteiger partial charge in [-0.2, -0.15) is 0 Å². The molecule has 2 aromatic rings. The van der Waals surface area contributed by atoms with Crippen LogP contribution >= 0.6 is 0 Å². The van der Waals surface area contributed by atoms with Gasteiger partial charge in [0.15, 0.2) is 11.5 Å². The molecular weight excluding hydrogens is 316 g/mol. The first-order chi connectivity index (χ1) is 12.3. The van der Waals surface area contributed by atoms with E-state index < -0.39 is 6.10 Å². The molecule has 25 heavy (non-hydrogen) atoms. The Labute approximate surface area is 147 Å². The number of ether oxygens (including phenoxy) is 2. The molecule has 2 N–H and O–H groups in total. The molecule has 5 nitrogen and oxygen atoms in total. The van der Waals surface area contributed by atoms with Crippen LogP contribution in [0, 0.1) is 5.92 Å². The number of carbonyl (C=O) groups excluding carboxylic acids is 1. The van der Waals surface area contributed by atoms with E-state index in [1.807, 2.05) is 47.4 Å². The maximum Gasteiger partial charge on any atom is 0.267 e. The Kier molecular flexibility index (Phi) is 4.32. The summed E-state index contributed by atoms with van der Waals surface area (Å²) < 4.78 is 11.6. The topological polar surface area (TPSA) is 64.8 Å². The summed E-state index contributed by atoms with van der Waals surface area (Å²) in [5.41, 5.74) is 7.21. The van der Waals surface area contributed by atoms with E-state index in [2.05, 4.69) is 12.1 Å². The molecule has 0 aromatic heterocycles. The largest absolute Gasteiger partial charge is 0.485 e. The first-order valence-corrected chi connectivity index (χ1v) is 8.68. The lowest BCUT2D eigenvalue weighted by molar-refractivity contribution is -0.140. The van der Waals surface area contributed by atoms with Gasteiger partial charge in [-0.05, 0) is 30.2 Å². The zero-order valence-electron chi connectivity index (χ0n) is 14.0. The van der Waals surface area contributed by atoms with E-state index in [4.69, 9.17) is 15.2 Å². The smallest absolute Gasteiger partial charge is 0.267 e. The highest BCUT2D eigenvalue weighted by atomic mass is 16.6. The zero-order valence-corrected chi connectivity index (χ0v) is 14.0. The normalized spacial score (nSPS) is 25.0. The van der Waals surface area contributed by atoms with Gasteiger partial charge in [-0.15, -0.1) is 0 Å². The maximum atomic E-state index is 12.9. The number of nitrogens with zero attached hydrogens (tertiary/aromatic N) is 1. The third-order valence-electron chi connectivity index (χ3n) is 5.07. The number of hydrogen-bond acceptors (Lipinski definition) is 4.